The molecule has 0 bridgehead atoms. The highest BCUT2D eigenvalue weighted by atomic mass is 16.4. The van der Waals surface area contributed by atoms with Gasteiger partial charge in [-0.15, -0.1) is 0 Å². The highest BCUT2D eigenvalue weighted by molar-refractivity contribution is 5.96. The summed E-state index contributed by atoms with van der Waals surface area (Å²) >= 11 is 0. The fourth-order valence-electron chi connectivity index (χ4n) is 4.75. The van der Waals surface area contributed by atoms with Crippen LogP contribution in [0.25, 0.3) is 0 Å². The van der Waals surface area contributed by atoms with Crippen molar-refractivity contribution in [1.29, 1.82) is 0 Å². The number of fused-ring (bicyclic) bond motifs is 1. The average molecular weight is 387 g/mol. The zero-order valence-electron chi connectivity index (χ0n) is 15.9. The SMILES string of the molecule is Cc1cccc(N2CCN(CC(=O)N3C[C@@]4(C(=O)O)C[C@@]4(C(=O)O)C3)CC2)c1. The molecule has 2 aliphatic heterocycles. The highest BCUT2D eigenvalue weighted by Gasteiger charge is 2.81. The molecule has 1 saturated carbocycles. The lowest BCUT2D eigenvalue weighted by atomic mass is 9.97. The Labute approximate surface area is 163 Å². The molecule has 8 nitrogen and oxygen atoms in total. The molecule has 150 valence electrons. The number of likely N-dealkylation sites (tertiary alicyclic amines) is 1. The maximum atomic E-state index is 12.7. The van der Waals surface area contributed by atoms with Crippen LogP contribution in [0, 0.1) is 17.8 Å². The Bertz CT molecular complexity index is 807. The molecule has 1 amide bonds. The highest BCUT2D eigenvalue weighted by Crippen LogP contribution is 2.68. The van der Waals surface area contributed by atoms with Gasteiger partial charge in [-0.25, -0.2) is 0 Å². The molecule has 0 spiro atoms. The molecule has 28 heavy (non-hydrogen) atoms. The number of benzene rings is 1. The quantitative estimate of drug-likeness (QED) is 0.759. The topological polar surface area (TPSA) is 101 Å². The molecule has 8 heteroatoms. The van der Waals surface area contributed by atoms with E-state index in [1.54, 1.807) is 0 Å². The first-order valence-electron chi connectivity index (χ1n) is 9.56. The summed E-state index contributed by atoms with van der Waals surface area (Å²) in [4.78, 5) is 41.7. The first-order valence-corrected chi connectivity index (χ1v) is 9.56. The summed E-state index contributed by atoms with van der Waals surface area (Å²) in [6, 6.07) is 8.33. The van der Waals surface area contributed by atoms with Crippen molar-refractivity contribution in [1.82, 2.24) is 9.80 Å². The van der Waals surface area contributed by atoms with E-state index in [0.717, 1.165) is 26.2 Å². The summed E-state index contributed by atoms with van der Waals surface area (Å²) in [5.74, 6) is -2.41. The lowest BCUT2D eigenvalue weighted by Crippen LogP contribution is -2.50. The minimum Gasteiger partial charge on any atom is -0.481 e. The van der Waals surface area contributed by atoms with E-state index in [2.05, 4.69) is 34.9 Å². The van der Waals surface area contributed by atoms with Crippen LogP contribution in [0.5, 0.6) is 0 Å². The number of piperazine rings is 1. The fraction of sp³-hybridized carbons (Fsp3) is 0.550. The average Bonchev–Trinajstić information content (AvgIpc) is 3.20. The number of carbonyl (C=O) groups excluding carboxylic acids is 1. The van der Waals surface area contributed by atoms with Gasteiger partial charge in [-0.3, -0.25) is 19.3 Å². The first-order chi connectivity index (χ1) is 13.3. The molecule has 2 N–H and O–H groups in total. The Kier molecular flexibility index (Phi) is 4.33. The van der Waals surface area contributed by atoms with Crippen molar-refractivity contribution in [2.45, 2.75) is 13.3 Å². The van der Waals surface area contributed by atoms with E-state index in [1.807, 2.05) is 6.07 Å². The summed E-state index contributed by atoms with van der Waals surface area (Å²) in [7, 11) is 0. The van der Waals surface area contributed by atoms with Crippen molar-refractivity contribution in [3.8, 4) is 0 Å². The Balaban J connectivity index is 1.33. The second-order valence-corrected chi connectivity index (χ2v) is 8.30. The van der Waals surface area contributed by atoms with E-state index in [1.165, 1.54) is 16.2 Å². The Hall–Kier alpha value is -2.61. The van der Waals surface area contributed by atoms with Crippen LogP contribution in [0.1, 0.15) is 12.0 Å². The second kappa shape index (κ2) is 6.48. The number of aryl methyl sites for hydroxylation is 1. The van der Waals surface area contributed by atoms with E-state index >= 15 is 0 Å². The largest absolute Gasteiger partial charge is 0.481 e. The molecule has 1 aliphatic carbocycles. The molecule has 0 aromatic heterocycles. The Morgan fingerprint density at radius 3 is 2.14 bits per heavy atom. The number of rotatable bonds is 5. The van der Waals surface area contributed by atoms with Crippen molar-refractivity contribution in [3.63, 3.8) is 0 Å². The third kappa shape index (κ3) is 2.83. The third-order valence-corrected chi connectivity index (χ3v) is 6.59. The number of piperidine rings is 1. The van der Waals surface area contributed by atoms with Crippen molar-refractivity contribution >= 4 is 23.5 Å². The monoisotopic (exact) mass is 387 g/mol. The van der Waals surface area contributed by atoms with Crippen LogP contribution in [-0.4, -0.2) is 83.7 Å². The minimum atomic E-state index is -1.31. The van der Waals surface area contributed by atoms with Crippen LogP contribution in [0.15, 0.2) is 24.3 Å². The van der Waals surface area contributed by atoms with Gasteiger partial charge >= 0.3 is 11.9 Å². The van der Waals surface area contributed by atoms with Crippen molar-refractivity contribution in [2.75, 3.05) is 50.7 Å². The molecular formula is C20H25N3O5. The molecule has 3 fully saturated rings. The predicted molar refractivity (Wildman–Crippen MR) is 101 cm³/mol. The van der Waals surface area contributed by atoms with Crippen molar-refractivity contribution in [2.24, 2.45) is 10.8 Å². The maximum Gasteiger partial charge on any atom is 0.312 e. The molecule has 2 atom stereocenters. The summed E-state index contributed by atoms with van der Waals surface area (Å²) in [6.07, 6.45) is 0.115. The predicted octanol–water partition coefficient (Wildman–Crippen LogP) is 0.505. The van der Waals surface area contributed by atoms with E-state index in [9.17, 15) is 24.6 Å². The first kappa shape index (κ1) is 18.7. The van der Waals surface area contributed by atoms with Crippen LogP contribution in [0.4, 0.5) is 5.69 Å². The van der Waals surface area contributed by atoms with Gasteiger partial charge < -0.3 is 20.0 Å². The fourth-order valence-corrected chi connectivity index (χ4v) is 4.75. The van der Waals surface area contributed by atoms with Crippen LogP contribution < -0.4 is 4.90 Å². The van der Waals surface area contributed by atoms with Gasteiger partial charge in [-0.2, -0.15) is 0 Å². The van der Waals surface area contributed by atoms with E-state index in [-0.39, 0.29) is 32.0 Å². The number of hydrogen-bond donors (Lipinski definition) is 2. The number of carboxylic acid groups (broad SMARTS) is 2. The lowest BCUT2D eigenvalue weighted by Gasteiger charge is -2.36. The Morgan fingerprint density at radius 2 is 1.61 bits per heavy atom. The molecule has 4 rings (SSSR count). The zero-order valence-corrected chi connectivity index (χ0v) is 15.9. The number of hydrogen-bond acceptors (Lipinski definition) is 5. The summed E-state index contributed by atoms with van der Waals surface area (Å²) in [6.45, 7) is 5.36. The summed E-state index contributed by atoms with van der Waals surface area (Å²) < 4.78 is 0. The van der Waals surface area contributed by atoms with Gasteiger partial charge in [-0.1, -0.05) is 12.1 Å². The van der Waals surface area contributed by atoms with Crippen LogP contribution in [-0.2, 0) is 14.4 Å². The number of carboxylic acids is 2. The normalized spacial score (nSPS) is 29.5. The van der Waals surface area contributed by atoms with Crippen molar-refractivity contribution in [3.05, 3.63) is 29.8 Å². The number of amides is 1. The van der Waals surface area contributed by atoms with E-state index < -0.39 is 22.8 Å². The van der Waals surface area contributed by atoms with Gasteiger partial charge in [0.25, 0.3) is 0 Å². The maximum absolute atomic E-state index is 12.7. The smallest absolute Gasteiger partial charge is 0.312 e. The molecule has 0 unspecified atom stereocenters. The van der Waals surface area contributed by atoms with E-state index in [0.29, 0.717) is 0 Å². The standard InChI is InChI=1S/C20H25N3O5/c1-14-3-2-4-15(9-14)22-7-5-21(6-8-22)10-16(24)23-12-19(17(25)26)11-20(19,13-23)18(27)28/h2-4,9H,5-8,10-13H2,1H3,(H,25,26)(H,27,28)/t19-,20+. The van der Waals surface area contributed by atoms with Crippen LogP contribution in [0.3, 0.4) is 0 Å². The molecule has 1 aromatic carbocycles. The minimum absolute atomic E-state index is 0.00325. The number of nitrogens with zero attached hydrogens (tertiary/aromatic N) is 3. The van der Waals surface area contributed by atoms with Gasteiger partial charge in [0.05, 0.1) is 6.54 Å². The third-order valence-electron chi connectivity index (χ3n) is 6.59. The number of aliphatic carboxylic acids is 2. The van der Waals surface area contributed by atoms with Gasteiger partial charge in [0.15, 0.2) is 0 Å². The van der Waals surface area contributed by atoms with Crippen LogP contribution in [0.2, 0.25) is 0 Å². The number of anilines is 1. The molecule has 2 heterocycles. The van der Waals surface area contributed by atoms with Crippen LogP contribution >= 0.6 is 0 Å². The molecule has 0 radical (unpaired) electrons. The lowest BCUT2D eigenvalue weighted by molar-refractivity contribution is -0.151. The van der Waals surface area contributed by atoms with Gasteiger partial charge in [0.1, 0.15) is 10.8 Å². The molecule has 3 aliphatic rings. The second-order valence-electron chi connectivity index (χ2n) is 8.30. The van der Waals surface area contributed by atoms with Gasteiger partial charge in [0.2, 0.25) is 5.91 Å². The van der Waals surface area contributed by atoms with Gasteiger partial charge in [0, 0.05) is 45.0 Å². The van der Waals surface area contributed by atoms with E-state index in [4.69, 9.17) is 0 Å². The molecular weight excluding hydrogens is 362 g/mol. The summed E-state index contributed by atoms with van der Waals surface area (Å²) in [5.41, 5.74) is -0.226. The van der Waals surface area contributed by atoms with Crippen molar-refractivity contribution < 1.29 is 24.6 Å². The number of carbonyl (C=O) groups is 3. The van der Waals surface area contributed by atoms with Gasteiger partial charge in [-0.05, 0) is 31.0 Å². The zero-order chi connectivity index (χ0) is 20.1. The Morgan fingerprint density at radius 1 is 1.00 bits per heavy atom. The summed E-state index contributed by atoms with van der Waals surface area (Å²) in [5, 5.41) is 19.0. The molecule has 1 aromatic rings. The molecule has 2 saturated heterocycles.